The van der Waals surface area contributed by atoms with Crippen molar-refractivity contribution in [3.8, 4) is 0 Å². The van der Waals surface area contributed by atoms with Crippen molar-refractivity contribution in [1.29, 1.82) is 0 Å². The first-order valence-electron chi connectivity index (χ1n) is 4.44. The summed E-state index contributed by atoms with van der Waals surface area (Å²) in [5, 5.41) is 0. The summed E-state index contributed by atoms with van der Waals surface area (Å²) in [6.45, 7) is -3.97. The SMILES string of the molecule is F[B-](F)(F)C1CCC2(COC2)OC1.[K+]. The van der Waals surface area contributed by atoms with Crippen LogP contribution in [0.2, 0.25) is 5.82 Å². The van der Waals surface area contributed by atoms with E-state index in [1.165, 1.54) is 0 Å². The Morgan fingerprint density at radius 3 is 2.14 bits per heavy atom. The normalized spacial score (nSPS) is 30.6. The average molecular weight is 234 g/mol. The van der Waals surface area contributed by atoms with E-state index in [9.17, 15) is 12.9 Å². The first-order chi connectivity index (χ1) is 6.02. The third-order valence-corrected chi connectivity index (χ3v) is 2.84. The van der Waals surface area contributed by atoms with E-state index in [0.717, 1.165) is 0 Å². The molecular formula is C7H11BF3KO2. The minimum Gasteiger partial charge on any atom is -0.449 e. The molecule has 0 radical (unpaired) electrons. The number of hydrogen-bond donors (Lipinski definition) is 0. The molecule has 0 aromatic heterocycles. The Balaban J connectivity index is 0.000000980. The third-order valence-electron chi connectivity index (χ3n) is 2.84. The summed E-state index contributed by atoms with van der Waals surface area (Å²) in [7, 11) is 0. The van der Waals surface area contributed by atoms with Crippen molar-refractivity contribution >= 4 is 6.98 Å². The van der Waals surface area contributed by atoms with E-state index in [2.05, 4.69) is 0 Å². The molecule has 0 amide bonds. The maximum Gasteiger partial charge on any atom is 1.00 e. The summed E-state index contributed by atoms with van der Waals surface area (Å²) >= 11 is 0. The van der Waals surface area contributed by atoms with Gasteiger partial charge < -0.3 is 22.4 Å². The molecule has 0 aromatic carbocycles. The number of halogens is 3. The van der Waals surface area contributed by atoms with E-state index in [0.29, 0.717) is 19.6 Å². The molecule has 0 bridgehead atoms. The van der Waals surface area contributed by atoms with E-state index in [1.54, 1.807) is 0 Å². The van der Waals surface area contributed by atoms with Crippen molar-refractivity contribution in [3.05, 3.63) is 0 Å². The molecule has 2 aliphatic rings. The van der Waals surface area contributed by atoms with E-state index < -0.39 is 12.8 Å². The summed E-state index contributed by atoms with van der Waals surface area (Å²) in [5.74, 6) is -1.22. The standard InChI is InChI=1S/C7H11BF3O2.K/c9-8(10,11)6-1-2-7(13-3-6)4-12-5-7;/h6H,1-5H2;/q-1;+1. The van der Waals surface area contributed by atoms with Crippen LogP contribution in [0.15, 0.2) is 0 Å². The molecule has 0 aromatic rings. The molecule has 1 unspecified atom stereocenters. The zero-order valence-electron chi connectivity index (χ0n) is 8.14. The maximum atomic E-state index is 12.3. The average Bonchev–Trinajstić information content (AvgIpc) is 2.00. The summed E-state index contributed by atoms with van der Waals surface area (Å²) in [6, 6.07) is 0. The molecule has 0 saturated carbocycles. The Labute approximate surface area is 123 Å². The molecular weight excluding hydrogens is 223 g/mol. The Morgan fingerprint density at radius 2 is 1.86 bits per heavy atom. The van der Waals surface area contributed by atoms with Crippen molar-refractivity contribution < 1.29 is 73.8 Å². The van der Waals surface area contributed by atoms with Gasteiger partial charge in [-0.3, -0.25) is 0 Å². The quantitative estimate of drug-likeness (QED) is 0.530. The second-order valence-electron chi connectivity index (χ2n) is 3.91. The van der Waals surface area contributed by atoms with Crippen molar-refractivity contribution in [3.63, 3.8) is 0 Å². The summed E-state index contributed by atoms with van der Waals surface area (Å²) in [4.78, 5) is 0. The van der Waals surface area contributed by atoms with E-state index in [1.807, 2.05) is 0 Å². The summed E-state index contributed by atoms with van der Waals surface area (Å²) < 4.78 is 46.9. The smallest absolute Gasteiger partial charge is 0.449 e. The Kier molecular flexibility index (Phi) is 4.55. The van der Waals surface area contributed by atoms with Gasteiger partial charge in [-0.2, -0.15) is 0 Å². The van der Waals surface area contributed by atoms with Crippen LogP contribution in [0, 0.1) is 0 Å². The maximum absolute atomic E-state index is 12.3. The predicted octanol–water partition coefficient (Wildman–Crippen LogP) is -1.21. The second kappa shape index (κ2) is 4.73. The number of rotatable bonds is 1. The van der Waals surface area contributed by atoms with Gasteiger partial charge in [-0.1, -0.05) is 6.42 Å². The fourth-order valence-corrected chi connectivity index (χ4v) is 1.74. The Morgan fingerprint density at radius 1 is 1.21 bits per heavy atom. The van der Waals surface area contributed by atoms with Gasteiger partial charge in [0.25, 0.3) is 0 Å². The van der Waals surface area contributed by atoms with Crippen LogP contribution in [0.5, 0.6) is 0 Å². The summed E-state index contributed by atoms with van der Waals surface area (Å²) in [6.07, 6.45) is 0.686. The van der Waals surface area contributed by atoms with Crippen molar-refractivity contribution in [2.75, 3.05) is 19.8 Å². The zero-order chi connectivity index (χ0) is 9.53. The number of hydrogen-bond acceptors (Lipinski definition) is 2. The molecule has 2 aliphatic heterocycles. The van der Waals surface area contributed by atoms with Gasteiger partial charge in [0, 0.05) is 6.61 Å². The van der Waals surface area contributed by atoms with Gasteiger partial charge in [-0.05, 0) is 12.2 Å². The van der Waals surface area contributed by atoms with Crippen molar-refractivity contribution in [2.45, 2.75) is 24.3 Å². The van der Waals surface area contributed by atoms with E-state index in [4.69, 9.17) is 9.47 Å². The van der Waals surface area contributed by atoms with Crippen molar-refractivity contribution in [1.82, 2.24) is 0 Å². The minimum absolute atomic E-state index is 0. The van der Waals surface area contributed by atoms with Crippen LogP contribution in [0.1, 0.15) is 12.8 Å². The number of ether oxygens (including phenoxy) is 2. The van der Waals surface area contributed by atoms with Crippen LogP contribution >= 0.6 is 0 Å². The van der Waals surface area contributed by atoms with Gasteiger partial charge in [-0.25, -0.2) is 0 Å². The van der Waals surface area contributed by atoms with Crippen LogP contribution in [0.3, 0.4) is 0 Å². The Bertz CT molecular complexity index is 198. The molecule has 2 heterocycles. The molecule has 2 saturated heterocycles. The second-order valence-corrected chi connectivity index (χ2v) is 3.91. The van der Waals surface area contributed by atoms with Crippen LogP contribution in [-0.4, -0.2) is 32.4 Å². The summed E-state index contributed by atoms with van der Waals surface area (Å²) in [5.41, 5.74) is -0.363. The minimum atomic E-state index is -4.72. The first-order valence-corrected chi connectivity index (χ1v) is 4.44. The fourth-order valence-electron chi connectivity index (χ4n) is 1.74. The molecule has 0 N–H and O–H groups in total. The largest absolute Gasteiger partial charge is 1.00 e. The Hall–Kier alpha value is 1.41. The predicted molar refractivity (Wildman–Crippen MR) is 41.6 cm³/mol. The fraction of sp³-hybridized carbons (Fsp3) is 1.00. The van der Waals surface area contributed by atoms with Gasteiger partial charge in [-0.15, -0.1) is 0 Å². The van der Waals surface area contributed by atoms with Gasteiger partial charge in [0.05, 0.1) is 13.2 Å². The molecule has 2 nitrogen and oxygen atoms in total. The van der Waals surface area contributed by atoms with Crippen LogP contribution in [0.25, 0.3) is 0 Å². The van der Waals surface area contributed by atoms with Crippen LogP contribution < -0.4 is 51.4 Å². The topological polar surface area (TPSA) is 18.5 Å². The molecule has 1 atom stereocenters. The van der Waals surface area contributed by atoms with Gasteiger partial charge in [0.15, 0.2) is 0 Å². The van der Waals surface area contributed by atoms with Gasteiger partial charge in [0.1, 0.15) is 5.60 Å². The molecule has 76 valence electrons. The van der Waals surface area contributed by atoms with Crippen molar-refractivity contribution in [2.24, 2.45) is 0 Å². The molecule has 2 fully saturated rings. The molecule has 1 spiro atoms. The van der Waals surface area contributed by atoms with Gasteiger partial charge in [0.2, 0.25) is 0 Å². The van der Waals surface area contributed by atoms with Gasteiger partial charge >= 0.3 is 58.4 Å². The van der Waals surface area contributed by atoms with Crippen LogP contribution in [0.4, 0.5) is 12.9 Å². The molecule has 14 heavy (non-hydrogen) atoms. The van der Waals surface area contributed by atoms with E-state index in [-0.39, 0.29) is 70.0 Å². The first kappa shape index (κ1) is 13.5. The molecule has 2 rings (SSSR count). The molecule has 7 heteroatoms. The third kappa shape index (κ3) is 2.75. The van der Waals surface area contributed by atoms with Crippen LogP contribution in [-0.2, 0) is 9.47 Å². The zero-order valence-corrected chi connectivity index (χ0v) is 11.3. The monoisotopic (exact) mass is 234 g/mol. The molecule has 0 aliphatic carbocycles. The van der Waals surface area contributed by atoms with E-state index >= 15 is 0 Å².